The van der Waals surface area contributed by atoms with Crippen LogP contribution in [0.4, 0.5) is 17.5 Å². The fourth-order valence-corrected chi connectivity index (χ4v) is 3.42. The lowest BCUT2D eigenvalue weighted by Gasteiger charge is -2.09. The summed E-state index contributed by atoms with van der Waals surface area (Å²) in [5.74, 6) is 1.08. The summed E-state index contributed by atoms with van der Waals surface area (Å²) < 4.78 is 0. The third-order valence-corrected chi connectivity index (χ3v) is 4.47. The number of anilines is 3. The van der Waals surface area contributed by atoms with Crippen LogP contribution in [0, 0.1) is 13.8 Å². The standard InChI is InChI=1S/C16H18N4S/c1-4-12-8-13-14(19-16(17)20-15(13)21-12)18-11-6-9(2)5-10(3)7-11/h5-8H,4H2,1-3H3,(H3,17,18,19,20). The van der Waals surface area contributed by atoms with Gasteiger partial charge in [0.1, 0.15) is 10.6 Å². The molecule has 0 unspecified atom stereocenters. The van der Waals surface area contributed by atoms with Gasteiger partial charge in [-0.25, -0.2) is 4.98 Å². The first-order valence-electron chi connectivity index (χ1n) is 6.96. The van der Waals surface area contributed by atoms with E-state index in [2.05, 4.69) is 60.3 Å². The fourth-order valence-electron chi connectivity index (χ4n) is 2.44. The van der Waals surface area contributed by atoms with E-state index in [1.54, 1.807) is 11.3 Å². The first-order valence-corrected chi connectivity index (χ1v) is 7.78. The van der Waals surface area contributed by atoms with Crippen molar-refractivity contribution in [2.45, 2.75) is 27.2 Å². The second-order valence-electron chi connectivity index (χ2n) is 5.22. The molecule has 3 aromatic rings. The maximum atomic E-state index is 5.83. The molecule has 0 atom stereocenters. The van der Waals surface area contributed by atoms with E-state index in [1.807, 2.05) is 0 Å². The van der Waals surface area contributed by atoms with Gasteiger partial charge in [0.25, 0.3) is 0 Å². The number of aryl methyl sites for hydroxylation is 3. The summed E-state index contributed by atoms with van der Waals surface area (Å²) in [5, 5.41) is 4.41. The number of hydrogen-bond donors (Lipinski definition) is 2. The zero-order chi connectivity index (χ0) is 15.0. The topological polar surface area (TPSA) is 63.8 Å². The predicted octanol–water partition coefficient (Wildman–Crippen LogP) is 4.20. The molecule has 0 aliphatic carbocycles. The number of nitrogens with two attached hydrogens (primary N) is 1. The molecule has 0 amide bonds. The molecule has 108 valence electrons. The summed E-state index contributed by atoms with van der Waals surface area (Å²) in [6.07, 6.45) is 0.990. The second kappa shape index (κ2) is 5.33. The summed E-state index contributed by atoms with van der Waals surface area (Å²) in [6, 6.07) is 8.49. The first-order chi connectivity index (χ1) is 10.0. The van der Waals surface area contributed by atoms with E-state index in [-0.39, 0.29) is 0 Å². The molecule has 0 saturated heterocycles. The number of aromatic nitrogens is 2. The number of nitrogens with one attached hydrogen (secondary N) is 1. The second-order valence-corrected chi connectivity index (χ2v) is 6.33. The van der Waals surface area contributed by atoms with E-state index >= 15 is 0 Å². The lowest BCUT2D eigenvalue weighted by molar-refractivity contribution is 1.19. The van der Waals surface area contributed by atoms with E-state index in [0.29, 0.717) is 5.95 Å². The van der Waals surface area contributed by atoms with Crippen molar-refractivity contribution in [2.75, 3.05) is 11.1 Å². The zero-order valence-corrected chi connectivity index (χ0v) is 13.2. The third kappa shape index (κ3) is 2.83. The number of thiophene rings is 1. The molecule has 21 heavy (non-hydrogen) atoms. The fraction of sp³-hybridized carbons (Fsp3) is 0.250. The maximum absolute atomic E-state index is 5.83. The molecule has 0 saturated carbocycles. The van der Waals surface area contributed by atoms with Gasteiger partial charge in [-0.2, -0.15) is 4.98 Å². The zero-order valence-electron chi connectivity index (χ0n) is 12.4. The normalized spacial score (nSPS) is 11.0. The van der Waals surface area contributed by atoms with Crippen LogP contribution in [0.5, 0.6) is 0 Å². The molecule has 2 aromatic heterocycles. The highest BCUT2D eigenvalue weighted by atomic mass is 32.1. The van der Waals surface area contributed by atoms with Crippen LogP contribution < -0.4 is 11.1 Å². The maximum Gasteiger partial charge on any atom is 0.223 e. The Bertz CT molecular complexity index is 787. The third-order valence-electron chi connectivity index (χ3n) is 3.29. The minimum absolute atomic E-state index is 0.305. The quantitative estimate of drug-likeness (QED) is 0.760. The van der Waals surface area contributed by atoms with Crippen LogP contribution in [0.3, 0.4) is 0 Å². The average Bonchev–Trinajstić information content (AvgIpc) is 2.80. The molecule has 0 spiro atoms. The van der Waals surface area contributed by atoms with Crippen LogP contribution in [0.15, 0.2) is 24.3 Å². The van der Waals surface area contributed by atoms with Gasteiger partial charge in [-0.3, -0.25) is 0 Å². The summed E-state index contributed by atoms with van der Waals surface area (Å²) in [7, 11) is 0. The number of rotatable bonds is 3. The molecule has 0 aliphatic heterocycles. The van der Waals surface area contributed by atoms with Crippen LogP contribution in [-0.2, 0) is 6.42 Å². The van der Waals surface area contributed by atoms with Crippen LogP contribution in [-0.4, -0.2) is 9.97 Å². The Labute approximate surface area is 128 Å². The van der Waals surface area contributed by atoms with Gasteiger partial charge in [0.2, 0.25) is 5.95 Å². The molecule has 4 nitrogen and oxygen atoms in total. The van der Waals surface area contributed by atoms with Gasteiger partial charge in [0.15, 0.2) is 0 Å². The van der Waals surface area contributed by atoms with Gasteiger partial charge in [0, 0.05) is 10.6 Å². The number of fused-ring (bicyclic) bond motifs is 1. The molecule has 0 fully saturated rings. The minimum Gasteiger partial charge on any atom is -0.368 e. The highest BCUT2D eigenvalue weighted by Gasteiger charge is 2.10. The lowest BCUT2D eigenvalue weighted by Crippen LogP contribution is -2.00. The Balaban J connectivity index is 2.08. The average molecular weight is 298 g/mol. The summed E-state index contributed by atoms with van der Waals surface area (Å²) in [4.78, 5) is 10.9. The summed E-state index contributed by atoms with van der Waals surface area (Å²) in [6.45, 7) is 6.31. The van der Waals surface area contributed by atoms with Crippen LogP contribution in [0.2, 0.25) is 0 Å². The Kier molecular flexibility index (Phi) is 3.51. The molecule has 1 aromatic carbocycles. The molecule has 0 aliphatic rings. The van der Waals surface area contributed by atoms with Crippen LogP contribution in [0.1, 0.15) is 22.9 Å². The molecular formula is C16H18N4S. The molecular weight excluding hydrogens is 280 g/mol. The molecule has 5 heteroatoms. The summed E-state index contributed by atoms with van der Waals surface area (Å²) in [5.41, 5.74) is 9.29. The lowest BCUT2D eigenvalue weighted by atomic mass is 10.1. The number of nitrogens with zero attached hydrogens (tertiary/aromatic N) is 2. The molecule has 3 rings (SSSR count). The highest BCUT2D eigenvalue weighted by molar-refractivity contribution is 7.18. The molecule has 0 bridgehead atoms. The van der Waals surface area contributed by atoms with Crippen molar-refractivity contribution in [1.82, 2.24) is 9.97 Å². The Morgan fingerprint density at radius 3 is 2.48 bits per heavy atom. The number of nitrogen functional groups attached to an aromatic ring is 1. The SMILES string of the molecule is CCc1cc2c(Nc3cc(C)cc(C)c3)nc(N)nc2s1. The predicted molar refractivity (Wildman–Crippen MR) is 90.4 cm³/mol. The first kappa shape index (κ1) is 13.8. The van der Waals surface area contributed by atoms with Crippen molar-refractivity contribution < 1.29 is 0 Å². The smallest absolute Gasteiger partial charge is 0.223 e. The molecule has 3 N–H and O–H groups in total. The summed E-state index contributed by atoms with van der Waals surface area (Å²) >= 11 is 1.67. The highest BCUT2D eigenvalue weighted by Crippen LogP contribution is 2.31. The Morgan fingerprint density at radius 2 is 1.81 bits per heavy atom. The van der Waals surface area contributed by atoms with Crippen molar-refractivity contribution in [3.63, 3.8) is 0 Å². The Hall–Kier alpha value is -2.14. The van der Waals surface area contributed by atoms with Crippen molar-refractivity contribution >= 4 is 39.0 Å². The van der Waals surface area contributed by atoms with Crippen molar-refractivity contribution in [3.05, 3.63) is 40.3 Å². The van der Waals surface area contributed by atoms with E-state index < -0.39 is 0 Å². The van der Waals surface area contributed by atoms with Gasteiger partial charge in [0.05, 0.1) is 5.39 Å². The van der Waals surface area contributed by atoms with Gasteiger partial charge in [-0.15, -0.1) is 11.3 Å². The van der Waals surface area contributed by atoms with Gasteiger partial charge in [-0.05, 0) is 49.6 Å². The van der Waals surface area contributed by atoms with Crippen molar-refractivity contribution in [3.8, 4) is 0 Å². The van der Waals surface area contributed by atoms with Gasteiger partial charge < -0.3 is 11.1 Å². The number of benzene rings is 1. The van der Waals surface area contributed by atoms with E-state index in [4.69, 9.17) is 5.73 Å². The number of hydrogen-bond acceptors (Lipinski definition) is 5. The van der Waals surface area contributed by atoms with Crippen LogP contribution >= 0.6 is 11.3 Å². The Morgan fingerprint density at radius 1 is 1.10 bits per heavy atom. The van der Waals surface area contributed by atoms with Crippen LogP contribution in [0.25, 0.3) is 10.2 Å². The van der Waals surface area contributed by atoms with Crippen molar-refractivity contribution in [2.24, 2.45) is 0 Å². The van der Waals surface area contributed by atoms with E-state index in [9.17, 15) is 0 Å². The van der Waals surface area contributed by atoms with Gasteiger partial charge >= 0.3 is 0 Å². The van der Waals surface area contributed by atoms with E-state index in [1.165, 1.54) is 16.0 Å². The molecule has 2 heterocycles. The largest absolute Gasteiger partial charge is 0.368 e. The molecule has 0 radical (unpaired) electrons. The van der Waals surface area contributed by atoms with Gasteiger partial charge in [-0.1, -0.05) is 13.0 Å². The minimum atomic E-state index is 0.305. The van der Waals surface area contributed by atoms with Crippen molar-refractivity contribution in [1.29, 1.82) is 0 Å². The van der Waals surface area contributed by atoms with E-state index in [0.717, 1.165) is 28.1 Å². The monoisotopic (exact) mass is 298 g/mol.